The number of carboxylic acid groups (broad SMARTS) is 1. The summed E-state index contributed by atoms with van der Waals surface area (Å²) >= 11 is 6.14. The van der Waals surface area contributed by atoms with Crippen molar-refractivity contribution >= 4 is 29.6 Å². The largest absolute Gasteiger partial charge is 0.477 e. The summed E-state index contributed by atoms with van der Waals surface area (Å²) in [7, 11) is 0. The van der Waals surface area contributed by atoms with Crippen molar-refractivity contribution < 1.29 is 19.4 Å². The predicted octanol–water partition coefficient (Wildman–Crippen LogP) is 5.95. The number of benzene rings is 2. The molecule has 0 unspecified atom stereocenters. The molecular weight excluding hydrogens is 402 g/mol. The third kappa shape index (κ3) is 6.10. The SMILES string of the molecule is Cc1cc(/C=C(/NC(=O)CCC2CCCC2)C(=O)O)ccc1Oc1ccccc1Cl. The summed E-state index contributed by atoms with van der Waals surface area (Å²) in [5, 5.41) is 12.5. The maximum atomic E-state index is 12.2. The van der Waals surface area contributed by atoms with E-state index in [9.17, 15) is 14.7 Å². The molecule has 2 N–H and O–H groups in total. The van der Waals surface area contributed by atoms with Gasteiger partial charge in [0.1, 0.15) is 17.2 Å². The maximum absolute atomic E-state index is 12.2. The van der Waals surface area contributed by atoms with E-state index in [1.54, 1.807) is 30.3 Å². The van der Waals surface area contributed by atoms with Crippen LogP contribution in [0.5, 0.6) is 11.5 Å². The van der Waals surface area contributed by atoms with Crippen LogP contribution in [-0.2, 0) is 9.59 Å². The van der Waals surface area contributed by atoms with Crippen molar-refractivity contribution in [3.05, 3.63) is 64.3 Å². The number of para-hydroxylation sites is 1. The fourth-order valence-corrected chi connectivity index (χ4v) is 3.86. The fraction of sp³-hybridized carbons (Fsp3) is 0.333. The average Bonchev–Trinajstić information content (AvgIpc) is 3.23. The van der Waals surface area contributed by atoms with Crippen LogP contribution in [0.25, 0.3) is 6.08 Å². The van der Waals surface area contributed by atoms with Gasteiger partial charge in [-0.15, -0.1) is 0 Å². The average molecular weight is 428 g/mol. The Morgan fingerprint density at radius 3 is 2.57 bits per heavy atom. The minimum atomic E-state index is -1.17. The standard InChI is InChI=1S/C24H26ClNO4/c1-16-14-18(10-12-21(16)30-22-9-5-4-8-19(22)25)15-20(24(28)29)26-23(27)13-11-17-6-2-3-7-17/h4-5,8-10,12,14-15,17H,2-3,6-7,11,13H2,1H3,(H,26,27)(H,28,29)/b20-15+. The predicted molar refractivity (Wildman–Crippen MR) is 118 cm³/mol. The van der Waals surface area contributed by atoms with Gasteiger partial charge in [-0.25, -0.2) is 4.79 Å². The molecule has 0 bridgehead atoms. The minimum Gasteiger partial charge on any atom is -0.477 e. The van der Waals surface area contributed by atoms with Gasteiger partial charge in [0.25, 0.3) is 0 Å². The van der Waals surface area contributed by atoms with E-state index in [-0.39, 0.29) is 11.6 Å². The molecule has 3 rings (SSSR count). The summed E-state index contributed by atoms with van der Waals surface area (Å²) in [6.45, 7) is 1.87. The highest BCUT2D eigenvalue weighted by molar-refractivity contribution is 6.32. The molecular formula is C24H26ClNO4. The zero-order valence-electron chi connectivity index (χ0n) is 17.0. The molecule has 0 aromatic heterocycles. The zero-order valence-corrected chi connectivity index (χ0v) is 17.7. The molecule has 0 heterocycles. The Balaban J connectivity index is 1.67. The second-order valence-corrected chi connectivity index (χ2v) is 8.07. The van der Waals surface area contributed by atoms with E-state index in [1.165, 1.54) is 18.9 Å². The van der Waals surface area contributed by atoms with E-state index in [0.29, 0.717) is 34.4 Å². The lowest BCUT2D eigenvalue weighted by atomic mass is 10.0. The van der Waals surface area contributed by atoms with Crippen molar-refractivity contribution in [1.82, 2.24) is 5.32 Å². The third-order valence-electron chi connectivity index (χ3n) is 5.33. The first-order valence-corrected chi connectivity index (χ1v) is 10.6. The van der Waals surface area contributed by atoms with Crippen molar-refractivity contribution in [2.75, 3.05) is 0 Å². The van der Waals surface area contributed by atoms with Crippen molar-refractivity contribution in [2.24, 2.45) is 5.92 Å². The highest BCUT2D eigenvalue weighted by Gasteiger charge is 2.18. The fourth-order valence-electron chi connectivity index (χ4n) is 3.69. The molecule has 30 heavy (non-hydrogen) atoms. The quantitative estimate of drug-likeness (QED) is 0.510. The normalized spacial score (nSPS) is 14.5. The number of carboxylic acids is 1. The van der Waals surface area contributed by atoms with Crippen LogP contribution in [0.1, 0.15) is 49.7 Å². The molecule has 1 fully saturated rings. The van der Waals surface area contributed by atoms with Gasteiger partial charge in [-0.05, 0) is 60.7 Å². The second kappa shape index (κ2) is 10.3. The van der Waals surface area contributed by atoms with E-state index in [0.717, 1.165) is 24.8 Å². The summed E-state index contributed by atoms with van der Waals surface area (Å²) in [4.78, 5) is 23.8. The number of halogens is 1. The number of hydrogen-bond acceptors (Lipinski definition) is 3. The van der Waals surface area contributed by atoms with Crippen LogP contribution in [0, 0.1) is 12.8 Å². The maximum Gasteiger partial charge on any atom is 0.352 e. The number of nitrogens with one attached hydrogen (secondary N) is 1. The molecule has 0 aliphatic heterocycles. The Labute approximate surface area is 181 Å². The van der Waals surface area contributed by atoms with Crippen LogP contribution in [0.15, 0.2) is 48.2 Å². The van der Waals surface area contributed by atoms with Gasteiger partial charge in [0.05, 0.1) is 5.02 Å². The molecule has 1 saturated carbocycles. The minimum absolute atomic E-state index is 0.134. The number of hydrogen-bond donors (Lipinski definition) is 2. The number of aryl methyl sites for hydroxylation is 1. The number of aliphatic carboxylic acids is 1. The first-order valence-electron chi connectivity index (χ1n) is 10.2. The summed E-state index contributed by atoms with van der Waals surface area (Å²) in [6, 6.07) is 12.5. The molecule has 0 atom stereocenters. The Bertz CT molecular complexity index is 948. The molecule has 158 valence electrons. The van der Waals surface area contributed by atoms with Gasteiger partial charge in [-0.3, -0.25) is 4.79 Å². The van der Waals surface area contributed by atoms with Crippen LogP contribution < -0.4 is 10.1 Å². The zero-order chi connectivity index (χ0) is 21.5. The van der Waals surface area contributed by atoms with E-state index >= 15 is 0 Å². The lowest BCUT2D eigenvalue weighted by molar-refractivity contribution is -0.134. The molecule has 1 amide bonds. The lowest BCUT2D eigenvalue weighted by Gasteiger charge is -2.12. The molecule has 2 aromatic carbocycles. The number of carbonyl (C=O) groups excluding carboxylic acids is 1. The first kappa shape index (κ1) is 21.9. The number of ether oxygens (including phenoxy) is 1. The molecule has 0 radical (unpaired) electrons. The van der Waals surface area contributed by atoms with E-state index in [4.69, 9.17) is 16.3 Å². The van der Waals surface area contributed by atoms with Crippen molar-refractivity contribution in [2.45, 2.75) is 45.4 Å². The summed E-state index contributed by atoms with van der Waals surface area (Å²) in [5.41, 5.74) is 1.35. The summed E-state index contributed by atoms with van der Waals surface area (Å²) in [6.07, 6.45) is 7.39. The molecule has 5 nitrogen and oxygen atoms in total. The van der Waals surface area contributed by atoms with Crippen LogP contribution in [0.4, 0.5) is 0 Å². The molecule has 6 heteroatoms. The van der Waals surface area contributed by atoms with E-state index in [1.807, 2.05) is 19.1 Å². The number of amides is 1. The molecule has 1 aliphatic rings. The van der Waals surface area contributed by atoms with Gasteiger partial charge in [-0.1, -0.05) is 55.5 Å². The lowest BCUT2D eigenvalue weighted by Crippen LogP contribution is -2.27. The Morgan fingerprint density at radius 2 is 1.90 bits per heavy atom. The highest BCUT2D eigenvalue weighted by Crippen LogP contribution is 2.31. The van der Waals surface area contributed by atoms with Crippen molar-refractivity contribution in [1.29, 1.82) is 0 Å². The molecule has 0 spiro atoms. The smallest absolute Gasteiger partial charge is 0.352 e. The van der Waals surface area contributed by atoms with Gasteiger partial charge in [0.2, 0.25) is 5.91 Å². The van der Waals surface area contributed by atoms with Crippen LogP contribution in [0.3, 0.4) is 0 Å². The van der Waals surface area contributed by atoms with Gasteiger partial charge >= 0.3 is 5.97 Å². The second-order valence-electron chi connectivity index (χ2n) is 7.66. The van der Waals surface area contributed by atoms with Gasteiger partial charge in [0, 0.05) is 6.42 Å². The number of carbonyl (C=O) groups is 2. The topological polar surface area (TPSA) is 75.6 Å². The summed E-state index contributed by atoms with van der Waals surface area (Å²) < 4.78 is 5.85. The van der Waals surface area contributed by atoms with E-state index in [2.05, 4.69) is 5.32 Å². The van der Waals surface area contributed by atoms with Gasteiger partial charge in [-0.2, -0.15) is 0 Å². The molecule has 2 aromatic rings. The number of rotatable bonds is 8. The molecule has 0 saturated heterocycles. The Morgan fingerprint density at radius 1 is 1.17 bits per heavy atom. The highest BCUT2D eigenvalue weighted by atomic mass is 35.5. The third-order valence-corrected chi connectivity index (χ3v) is 5.64. The Kier molecular flexibility index (Phi) is 7.52. The summed E-state index contributed by atoms with van der Waals surface area (Å²) in [5.74, 6) is 0.328. The van der Waals surface area contributed by atoms with Crippen LogP contribution in [-0.4, -0.2) is 17.0 Å². The Hall–Kier alpha value is -2.79. The van der Waals surface area contributed by atoms with E-state index < -0.39 is 5.97 Å². The van der Waals surface area contributed by atoms with Gasteiger partial charge in [0.15, 0.2) is 0 Å². The van der Waals surface area contributed by atoms with Crippen molar-refractivity contribution in [3.8, 4) is 11.5 Å². The van der Waals surface area contributed by atoms with Crippen LogP contribution >= 0.6 is 11.6 Å². The first-order chi connectivity index (χ1) is 14.4. The van der Waals surface area contributed by atoms with Crippen LogP contribution in [0.2, 0.25) is 5.02 Å². The monoisotopic (exact) mass is 427 g/mol. The van der Waals surface area contributed by atoms with Gasteiger partial charge < -0.3 is 15.2 Å². The molecule has 1 aliphatic carbocycles. The van der Waals surface area contributed by atoms with Crippen molar-refractivity contribution in [3.63, 3.8) is 0 Å².